The first kappa shape index (κ1) is 11.4. The van der Waals surface area contributed by atoms with Crippen molar-refractivity contribution >= 4 is 11.5 Å². The summed E-state index contributed by atoms with van der Waals surface area (Å²) in [6.45, 7) is 1.96. The van der Waals surface area contributed by atoms with E-state index >= 15 is 0 Å². The van der Waals surface area contributed by atoms with Crippen LogP contribution >= 0.6 is 0 Å². The fourth-order valence-electron chi connectivity index (χ4n) is 1.79. The van der Waals surface area contributed by atoms with E-state index in [2.05, 4.69) is 0 Å². The summed E-state index contributed by atoms with van der Waals surface area (Å²) >= 11 is 0. The van der Waals surface area contributed by atoms with Gasteiger partial charge in [-0.05, 0) is 24.6 Å². The second-order valence-electron chi connectivity index (χ2n) is 4.18. The van der Waals surface area contributed by atoms with Gasteiger partial charge in [-0.15, -0.1) is 0 Å². The molecule has 0 aliphatic heterocycles. The Morgan fingerprint density at radius 1 is 1.12 bits per heavy atom. The van der Waals surface area contributed by atoms with Crippen molar-refractivity contribution in [3.8, 4) is 0 Å². The highest BCUT2D eigenvalue weighted by atomic mass is 16.1. The molecule has 0 spiro atoms. The van der Waals surface area contributed by atoms with Crippen molar-refractivity contribution in [3.63, 3.8) is 0 Å². The van der Waals surface area contributed by atoms with Crippen LogP contribution in [0.3, 0.4) is 0 Å². The zero-order valence-corrected chi connectivity index (χ0v) is 9.81. The van der Waals surface area contributed by atoms with Crippen LogP contribution < -0.4 is 5.73 Å². The molecule has 0 saturated carbocycles. The highest BCUT2D eigenvalue weighted by Gasteiger charge is 2.10. The lowest BCUT2D eigenvalue weighted by Crippen LogP contribution is -2.07. The van der Waals surface area contributed by atoms with E-state index < -0.39 is 0 Å². The Balaban J connectivity index is 2.23. The second-order valence-corrected chi connectivity index (χ2v) is 4.18. The van der Waals surface area contributed by atoms with Gasteiger partial charge in [-0.2, -0.15) is 0 Å². The zero-order valence-electron chi connectivity index (χ0n) is 9.81. The molecule has 0 amide bonds. The molecule has 0 aliphatic rings. The first-order valence-corrected chi connectivity index (χ1v) is 5.60. The van der Waals surface area contributed by atoms with Crippen molar-refractivity contribution in [2.75, 3.05) is 5.73 Å². The first-order chi connectivity index (χ1) is 8.16. The van der Waals surface area contributed by atoms with E-state index in [1.54, 1.807) is 6.07 Å². The van der Waals surface area contributed by atoms with Gasteiger partial charge < -0.3 is 5.73 Å². The minimum absolute atomic E-state index is 0.0670. The minimum atomic E-state index is 0.0670. The molecule has 2 aromatic rings. The van der Waals surface area contributed by atoms with Gasteiger partial charge in [0, 0.05) is 17.7 Å². The van der Waals surface area contributed by atoms with Crippen LogP contribution in [0.1, 0.15) is 21.5 Å². The number of hydrogen-bond donors (Lipinski definition) is 1. The Bertz CT molecular complexity index is 532. The third-order valence-corrected chi connectivity index (χ3v) is 2.72. The molecule has 17 heavy (non-hydrogen) atoms. The van der Waals surface area contributed by atoms with Crippen LogP contribution in [0.4, 0.5) is 5.69 Å². The third-order valence-electron chi connectivity index (χ3n) is 2.72. The second kappa shape index (κ2) is 4.83. The lowest BCUT2D eigenvalue weighted by Gasteiger charge is -2.06. The molecular formula is C15H15NO. The van der Waals surface area contributed by atoms with Crippen LogP contribution in [0.5, 0.6) is 0 Å². The Morgan fingerprint density at radius 2 is 1.82 bits per heavy atom. The topological polar surface area (TPSA) is 43.1 Å². The quantitative estimate of drug-likeness (QED) is 0.644. The molecule has 0 heterocycles. The molecule has 2 N–H and O–H groups in total. The average Bonchev–Trinajstić information content (AvgIpc) is 2.33. The summed E-state index contributed by atoms with van der Waals surface area (Å²) in [4.78, 5) is 12.1. The molecular weight excluding hydrogens is 210 g/mol. The fraction of sp³-hybridized carbons (Fsp3) is 0.133. The smallest absolute Gasteiger partial charge is 0.169 e. The maximum Gasteiger partial charge on any atom is 0.169 e. The fourth-order valence-corrected chi connectivity index (χ4v) is 1.79. The number of benzene rings is 2. The molecule has 0 aliphatic carbocycles. The highest BCUT2D eigenvalue weighted by Crippen LogP contribution is 2.16. The SMILES string of the molecule is Cc1ccc(N)c(C(=O)Cc2ccccc2)c1. The molecule has 2 nitrogen and oxygen atoms in total. The van der Waals surface area contributed by atoms with E-state index in [1.165, 1.54) is 0 Å². The summed E-state index contributed by atoms with van der Waals surface area (Å²) in [7, 11) is 0. The highest BCUT2D eigenvalue weighted by molar-refractivity contribution is 6.02. The molecule has 0 saturated heterocycles. The Hall–Kier alpha value is -2.09. The normalized spacial score (nSPS) is 10.2. The number of aryl methyl sites for hydroxylation is 1. The first-order valence-electron chi connectivity index (χ1n) is 5.60. The zero-order chi connectivity index (χ0) is 12.3. The standard InChI is InChI=1S/C15H15NO/c1-11-7-8-14(16)13(9-11)15(17)10-12-5-3-2-4-6-12/h2-9H,10,16H2,1H3. The van der Waals surface area contributed by atoms with Gasteiger partial charge in [0.05, 0.1) is 0 Å². The predicted octanol–water partition coefficient (Wildman–Crippen LogP) is 3.00. The summed E-state index contributed by atoms with van der Waals surface area (Å²) in [5.74, 6) is 0.0670. The largest absolute Gasteiger partial charge is 0.398 e. The number of nitrogens with two attached hydrogens (primary N) is 1. The number of carbonyl (C=O) groups is 1. The molecule has 0 unspecified atom stereocenters. The van der Waals surface area contributed by atoms with Crippen LogP contribution in [0.15, 0.2) is 48.5 Å². The summed E-state index contributed by atoms with van der Waals surface area (Å²) in [6, 6.07) is 15.2. The summed E-state index contributed by atoms with van der Waals surface area (Å²) in [5.41, 5.74) is 9.06. The number of rotatable bonds is 3. The molecule has 86 valence electrons. The maximum atomic E-state index is 12.1. The molecule has 2 heteroatoms. The van der Waals surface area contributed by atoms with Crippen molar-refractivity contribution in [3.05, 3.63) is 65.2 Å². The molecule has 2 rings (SSSR count). The van der Waals surface area contributed by atoms with Crippen LogP contribution in [-0.2, 0) is 6.42 Å². The van der Waals surface area contributed by atoms with E-state index in [9.17, 15) is 4.79 Å². The number of hydrogen-bond acceptors (Lipinski definition) is 2. The van der Waals surface area contributed by atoms with Gasteiger partial charge in [-0.25, -0.2) is 0 Å². The maximum absolute atomic E-state index is 12.1. The monoisotopic (exact) mass is 225 g/mol. The van der Waals surface area contributed by atoms with Crippen molar-refractivity contribution in [2.24, 2.45) is 0 Å². The average molecular weight is 225 g/mol. The molecule has 0 atom stereocenters. The number of carbonyl (C=O) groups excluding carboxylic acids is 1. The molecule has 2 aromatic carbocycles. The molecule has 0 bridgehead atoms. The Morgan fingerprint density at radius 3 is 2.53 bits per heavy atom. The Labute approximate surface area is 101 Å². The van der Waals surface area contributed by atoms with Gasteiger partial charge in [0.1, 0.15) is 0 Å². The number of nitrogen functional groups attached to an aromatic ring is 1. The molecule has 0 aromatic heterocycles. The lowest BCUT2D eigenvalue weighted by atomic mass is 10.00. The van der Waals surface area contributed by atoms with E-state index in [4.69, 9.17) is 5.73 Å². The van der Waals surface area contributed by atoms with Gasteiger partial charge >= 0.3 is 0 Å². The van der Waals surface area contributed by atoms with Gasteiger partial charge in [-0.1, -0.05) is 42.0 Å². The predicted molar refractivity (Wildman–Crippen MR) is 70.1 cm³/mol. The van der Waals surface area contributed by atoms with Crippen LogP contribution in [-0.4, -0.2) is 5.78 Å². The van der Waals surface area contributed by atoms with E-state index in [0.717, 1.165) is 11.1 Å². The van der Waals surface area contributed by atoms with Gasteiger partial charge in [0.2, 0.25) is 0 Å². The third kappa shape index (κ3) is 2.72. The number of Topliss-reactive ketones (excluding diaryl/α,β-unsaturated/α-hetero) is 1. The number of anilines is 1. The van der Waals surface area contributed by atoms with Crippen LogP contribution in [0.25, 0.3) is 0 Å². The summed E-state index contributed by atoms with van der Waals surface area (Å²) in [5, 5.41) is 0. The van der Waals surface area contributed by atoms with Crippen molar-refractivity contribution in [2.45, 2.75) is 13.3 Å². The summed E-state index contributed by atoms with van der Waals surface area (Å²) < 4.78 is 0. The lowest BCUT2D eigenvalue weighted by molar-refractivity contribution is 0.0994. The minimum Gasteiger partial charge on any atom is -0.398 e. The van der Waals surface area contributed by atoms with Crippen molar-refractivity contribution in [1.82, 2.24) is 0 Å². The van der Waals surface area contributed by atoms with Gasteiger partial charge in [0.15, 0.2) is 5.78 Å². The molecule has 0 radical (unpaired) electrons. The van der Waals surface area contributed by atoms with E-state index in [1.807, 2.05) is 49.4 Å². The van der Waals surface area contributed by atoms with Gasteiger partial charge in [-0.3, -0.25) is 4.79 Å². The Kier molecular flexibility index (Phi) is 3.24. The summed E-state index contributed by atoms with van der Waals surface area (Å²) in [6.07, 6.45) is 0.397. The van der Waals surface area contributed by atoms with Crippen LogP contribution in [0, 0.1) is 6.92 Å². The van der Waals surface area contributed by atoms with E-state index in [0.29, 0.717) is 17.7 Å². The molecule has 0 fully saturated rings. The van der Waals surface area contributed by atoms with Crippen LogP contribution in [0.2, 0.25) is 0 Å². The number of ketones is 1. The van der Waals surface area contributed by atoms with Gasteiger partial charge in [0.25, 0.3) is 0 Å². The van der Waals surface area contributed by atoms with Crippen molar-refractivity contribution in [1.29, 1.82) is 0 Å². The van der Waals surface area contributed by atoms with E-state index in [-0.39, 0.29) is 5.78 Å². The van der Waals surface area contributed by atoms with Crippen molar-refractivity contribution < 1.29 is 4.79 Å².